The van der Waals surface area contributed by atoms with Crippen LogP contribution >= 0.6 is 0 Å². The molecule has 0 radical (unpaired) electrons. The van der Waals surface area contributed by atoms with Crippen LogP contribution < -0.4 is 15.5 Å². The van der Waals surface area contributed by atoms with Crippen molar-refractivity contribution in [2.24, 2.45) is 0 Å². The van der Waals surface area contributed by atoms with Gasteiger partial charge in [-0.1, -0.05) is 66.7 Å². The Labute approximate surface area is 183 Å². The fraction of sp³-hybridized carbons (Fsp3) is 0.231. The highest BCUT2D eigenvalue weighted by molar-refractivity contribution is 6.35. The Kier molecular flexibility index (Phi) is 6.62. The van der Waals surface area contributed by atoms with E-state index in [-0.39, 0.29) is 0 Å². The van der Waals surface area contributed by atoms with E-state index in [1.165, 1.54) is 16.8 Å². The maximum Gasteiger partial charge on any atom is 0.309 e. The first-order valence-corrected chi connectivity index (χ1v) is 10.7. The fourth-order valence-electron chi connectivity index (χ4n) is 3.85. The molecule has 0 fully saturated rings. The zero-order valence-electron chi connectivity index (χ0n) is 17.5. The van der Waals surface area contributed by atoms with E-state index in [1.807, 2.05) is 30.3 Å². The fourth-order valence-corrected chi connectivity index (χ4v) is 3.85. The van der Waals surface area contributed by atoms with Crippen molar-refractivity contribution in [3.63, 3.8) is 0 Å². The standard InChI is InChI=1S/C26H27N3O2/c30-25(26(31)28-18-21-6-2-1-3-7-21)27-16-14-20-10-12-24(13-11-20)29-17-15-22-8-4-5-9-23(22)19-29/h1-13H,14-19H2,(H,27,30)(H,28,31). The maximum absolute atomic E-state index is 12.0. The number of anilines is 1. The van der Waals surface area contributed by atoms with E-state index in [0.717, 1.165) is 30.6 Å². The molecule has 1 aliphatic heterocycles. The van der Waals surface area contributed by atoms with E-state index in [0.29, 0.717) is 19.5 Å². The molecule has 2 N–H and O–H groups in total. The Bertz CT molecular complexity index is 1030. The van der Waals surface area contributed by atoms with Crippen LogP contribution in [0, 0.1) is 0 Å². The molecule has 2 amide bonds. The van der Waals surface area contributed by atoms with Crippen molar-refractivity contribution in [3.05, 3.63) is 101 Å². The first kappa shape index (κ1) is 20.7. The van der Waals surface area contributed by atoms with Gasteiger partial charge in [-0.2, -0.15) is 0 Å². The van der Waals surface area contributed by atoms with Gasteiger partial charge in [-0.05, 0) is 47.2 Å². The second-order valence-electron chi connectivity index (χ2n) is 7.78. The number of benzene rings is 3. The number of nitrogens with one attached hydrogen (secondary N) is 2. The minimum Gasteiger partial charge on any atom is -0.367 e. The van der Waals surface area contributed by atoms with Crippen LogP contribution in [0.3, 0.4) is 0 Å². The lowest BCUT2D eigenvalue weighted by molar-refractivity contribution is -0.139. The lowest BCUT2D eigenvalue weighted by Crippen LogP contribution is -2.40. The Morgan fingerprint density at radius 3 is 2.19 bits per heavy atom. The molecule has 31 heavy (non-hydrogen) atoms. The molecule has 4 rings (SSSR count). The molecule has 0 bridgehead atoms. The van der Waals surface area contributed by atoms with Gasteiger partial charge in [0.25, 0.3) is 0 Å². The van der Waals surface area contributed by atoms with Gasteiger partial charge in [0.1, 0.15) is 0 Å². The molecular weight excluding hydrogens is 386 g/mol. The van der Waals surface area contributed by atoms with Gasteiger partial charge < -0.3 is 15.5 Å². The van der Waals surface area contributed by atoms with Crippen molar-refractivity contribution in [1.29, 1.82) is 0 Å². The van der Waals surface area contributed by atoms with Crippen LogP contribution in [0.1, 0.15) is 22.3 Å². The predicted molar refractivity (Wildman–Crippen MR) is 123 cm³/mol. The van der Waals surface area contributed by atoms with Crippen molar-refractivity contribution >= 4 is 17.5 Å². The van der Waals surface area contributed by atoms with Crippen molar-refractivity contribution in [2.75, 3.05) is 18.0 Å². The third-order valence-electron chi connectivity index (χ3n) is 5.63. The molecule has 5 nitrogen and oxygen atoms in total. The van der Waals surface area contributed by atoms with E-state index in [9.17, 15) is 9.59 Å². The first-order valence-electron chi connectivity index (χ1n) is 10.7. The number of carbonyl (C=O) groups excluding carboxylic acids is 2. The Morgan fingerprint density at radius 1 is 0.742 bits per heavy atom. The number of amides is 2. The van der Waals surface area contributed by atoms with Crippen molar-refractivity contribution in [1.82, 2.24) is 10.6 Å². The quantitative estimate of drug-likeness (QED) is 0.610. The van der Waals surface area contributed by atoms with Gasteiger partial charge in [0, 0.05) is 31.9 Å². The Balaban J connectivity index is 1.21. The van der Waals surface area contributed by atoms with Crippen LogP contribution in [0.15, 0.2) is 78.9 Å². The summed E-state index contributed by atoms with van der Waals surface area (Å²) in [6.07, 6.45) is 1.75. The molecular formula is C26H27N3O2. The number of nitrogens with zero attached hydrogens (tertiary/aromatic N) is 1. The summed E-state index contributed by atoms with van der Waals surface area (Å²) in [7, 11) is 0. The summed E-state index contributed by atoms with van der Waals surface area (Å²) in [5.41, 5.74) is 6.14. The third-order valence-corrected chi connectivity index (χ3v) is 5.63. The molecule has 0 aliphatic carbocycles. The lowest BCUT2D eigenvalue weighted by atomic mass is 9.99. The lowest BCUT2D eigenvalue weighted by Gasteiger charge is -2.30. The third kappa shape index (κ3) is 5.51. The summed E-state index contributed by atoms with van der Waals surface area (Å²) in [6, 6.07) is 26.6. The van der Waals surface area contributed by atoms with E-state index in [4.69, 9.17) is 0 Å². The second-order valence-corrected chi connectivity index (χ2v) is 7.78. The molecule has 5 heteroatoms. The zero-order valence-corrected chi connectivity index (χ0v) is 17.5. The van der Waals surface area contributed by atoms with Gasteiger partial charge >= 0.3 is 11.8 Å². The molecule has 0 atom stereocenters. The number of hydrogen-bond donors (Lipinski definition) is 2. The molecule has 1 aliphatic rings. The molecule has 158 valence electrons. The van der Waals surface area contributed by atoms with Gasteiger partial charge in [-0.15, -0.1) is 0 Å². The second kappa shape index (κ2) is 9.94. The summed E-state index contributed by atoms with van der Waals surface area (Å²) >= 11 is 0. The zero-order chi connectivity index (χ0) is 21.5. The van der Waals surface area contributed by atoms with Gasteiger partial charge in [0.2, 0.25) is 0 Å². The van der Waals surface area contributed by atoms with E-state index in [1.54, 1.807) is 0 Å². The molecule has 0 unspecified atom stereocenters. The molecule has 3 aromatic carbocycles. The predicted octanol–water partition coefficient (Wildman–Crippen LogP) is 3.22. The SMILES string of the molecule is O=C(NCCc1ccc(N2CCc3ccccc3C2)cc1)C(=O)NCc1ccccc1. The number of rotatable bonds is 6. The van der Waals surface area contributed by atoms with Crippen LogP contribution in [-0.2, 0) is 35.5 Å². The number of carbonyl (C=O) groups is 2. The van der Waals surface area contributed by atoms with Crippen molar-refractivity contribution < 1.29 is 9.59 Å². The highest BCUT2D eigenvalue weighted by Crippen LogP contribution is 2.24. The Morgan fingerprint density at radius 2 is 1.42 bits per heavy atom. The average molecular weight is 414 g/mol. The summed E-state index contributed by atoms with van der Waals surface area (Å²) < 4.78 is 0. The van der Waals surface area contributed by atoms with E-state index < -0.39 is 11.8 Å². The first-order chi connectivity index (χ1) is 15.2. The largest absolute Gasteiger partial charge is 0.367 e. The smallest absolute Gasteiger partial charge is 0.309 e. The summed E-state index contributed by atoms with van der Waals surface area (Å²) in [6.45, 7) is 2.72. The summed E-state index contributed by atoms with van der Waals surface area (Å²) in [4.78, 5) is 26.3. The monoisotopic (exact) mass is 413 g/mol. The minimum absolute atomic E-state index is 0.343. The minimum atomic E-state index is -0.607. The van der Waals surface area contributed by atoms with Crippen LogP contribution in [-0.4, -0.2) is 24.9 Å². The van der Waals surface area contributed by atoms with Crippen molar-refractivity contribution in [2.45, 2.75) is 25.9 Å². The van der Waals surface area contributed by atoms with Crippen molar-refractivity contribution in [3.8, 4) is 0 Å². The maximum atomic E-state index is 12.0. The molecule has 0 spiro atoms. The average Bonchev–Trinajstić information content (AvgIpc) is 2.83. The molecule has 3 aromatic rings. The topological polar surface area (TPSA) is 61.4 Å². The van der Waals surface area contributed by atoms with Gasteiger partial charge in [0.05, 0.1) is 0 Å². The summed E-state index contributed by atoms with van der Waals surface area (Å²) in [5, 5.41) is 5.34. The highest BCUT2D eigenvalue weighted by Gasteiger charge is 2.16. The van der Waals surface area contributed by atoms with Gasteiger partial charge in [0.15, 0.2) is 0 Å². The summed E-state index contributed by atoms with van der Waals surface area (Å²) in [5.74, 6) is -1.20. The molecule has 0 aromatic heterocycles. The van der Waals surface area contributed by atoms with Gasteiger partial charge in [-0.25, -0.2) is 0 Å². The number of hydrogen-bond acceptors (Lipinski definition) is 3. The molecule has 0 saturated heterocycles. The molecule has 0 saturated carbocycles. The molecule has 1 heterocycles. The number of fused-ring (bicyclic) bond motifs is 1. The van der Waals surface area contributed by atoms with Gasteiger partial charge in [-0.3, -0.25) is 9.59 Å². The van der Waals surface area contributed by atoms with Crippen LogP contribution in [0.25, 0.3) is 0 Å². The van der Waals surface area contributed by atoms with Crippen LogP contribution in [0.2, 0.25) is 0 Å². The van der Waals surface area contributed by atoms with Crippen LogP contribution in [0.5, 0.6) is 0 Å². The Hall–Kier alpha value is -3.60. The van der Waals surface area contributed by atoms with Crippen LogP contribution in [0.4, 0.5) is 5.69 Å². The van der Waals surface area contributed by atoms with E-state index >= 15 is 0 Å². The highest BCUT2D eigenvalue weighted by atomic mass is 16.2. The normalized spacial score (nSPS) is 12.7. The van der Waals surface area contributed by atoms with E-state index in [2.05, 4.69) is 64.1 Å².